The van der Waals surface area contributed by atoms with Crippen LogP contribution >= 0.6 is 7.82 Å². The summed E-state index contributed by atoms with van der Waals surface area (Å²) in [7, 11) is -3.69. The average molecular weight is 769 g/mol. The summed E-state index contributed by atoms with van der Waals surface area (Å²) in [6.07, 6.45) is 3.54. The van der Waals surface area contributed by atoms with Crippen LogP contribution in [0.2, 0.25) is 0 Å². The van der Waals surface area contributed by atoms with E-state index >= 15 is 0 Å². The molecule has 5 N–H and O–H groups in total. The highest BCUT2D eigenvalue weighted by atomic mass is 31.2. The van der Waals surface area contributed by atoms with Gasteiger partial charge in [-0.1, -0.05) is 108 Å². The van der Waals surface area contributed by atoms with Crippen molar-refractivity contribution >= 4 is 7.82 Å². The van der Waals surface area contributed by atoms with Gasteiger partial charge >= 0.3 is 7.82 Å². The van der Waals surface area contributed by atoms with Crippen LogP contribution < -0.4 is 0 Å². The molecule has 4 atom stereocenters. The molecule has 50 heavy (non-hydrogen) atoms. The number of aliphatic hydroxyl groups is 4. The summed E-state index contributed by atoms with van der Waals surface area (Å²) in [5.41, 5.74) is 0. The Morgan fingerprint density at radius 1 is 0.420 bits per heavy atom. The zero-order valence-corrected chi connectivity index (χ0v) is 28.1. The van der Waals surface area contributed by atoms with Crippen LogP contribution in [0, 0.1) is 0 Å². The summed E-state index contributed by atoms with van der Waals surface area (Å²) < 4.78 is 39.7. The van der Waals surface area contributed by atoms with E-state index < -0.39 is 7.82 Å². The van der Waals surface area contributed by atoms with E-state index in [0.29, 0.717) is 65.3 Å². The standard InChI is InChI=1S/C10H22O4.C8H18O3.C6H14O.C4H11O4P.9CH4/c1-3-9(11)7-13-5-6-14-8-10(12)4-2;1-3-7(9)5-11-6-8(10)4-2;1-3-5-7-6-4-2;1-3-7-9(5,6)8-4-2;;;;;;;;;/h9-12H,3-8H2,1-2H3;7-10H,3-6H2,1-2H3;3-6H2,1-2H3;3-4H2,1-2H3,(H,5,6);9*1H4. The van der Waals surface area contributed by atoms with Crippen molar-refractivity contribution in [1.29, 1.82) is 0 Å². The summed E-state index contributed by atoms with van der Waals surface area (Å²) in [5.74, 6) is 0. The Balaban J connectivity index is -0.0000000320. The van der Waals surface area contributed by atoms with Crippen molar-refractivity contribution in [2.75, 3.05) is 66.1 Å². The van der Waals surface area contributed by atoms with Gasteiger partial charge in [-0.25, -0.2) is 4.57 Å². The third-order valence-electron chi connectivity index (χ3n) is 4.78. The van der Waals surface area contributed by atoms with Crippen LogP contribution in [0.5, 0.6) is 0 Å². The number of rotatable bonds is 23. The minimum atomic E-state index is -3.69. The van der Waals surface area contributed by atoms with Gasteiger partial charge in [0, 0.05) is 13.2 Å². The summed E-state index contributed by atoms with van der Waals surface area (Å²) in [6.45, 7) is 19.6. The maximum Gasteiger partial charge on any atom is 0.472 e. The van der Waals surface area contributed by atoms with E-state index in [9.17, 15) is 4.57 Å². The van der Waals surface area contributed by atoms with Gasteiger partial charge in [0.25, 0.3) is 0 Å². The number of hydrogen-bond acceptors (Lipinski definition) is 11. The van der Waals surface area contributed by atoms with Crippen LogP contribution in [0.25, 0.3) is 0 Å². The third kappa shape index (κ3) is 86.4. The highest BCUT2D eigenvalue weighted by Crippen LogP contribution is 2.42. The molecule has 0 fully saturated rings. The lowest BCUT2D eigenvalue weighted by atomic mass is 10.3. The Kier molecular flexibility index (Phi) is 123. The smallest absolute Gasteiger partial charge is 0.391 e. The second-order valence-electron chi connectivity index (χ2n) is 8.85. The highest BCUT2D eigenvalue weighted by Gasteiger charge is 2.17. The molecule has 326 valence electrons. The zero-order valence-electron chi connectivity index (χ0n) is 27.2. The van der Waals surface area contributed by atoms with Crippen molar-refractivity contribution in [3.8, 4) is 0 Å². The first-order valence-corrected chi connectivity index (χ1v) is 16.6. The quantitative estimate of drug-likeness (QED) is 0.0493. The van der Waals surface area contributed by atoms with Gasteiger partial charge in [-0.2, -0.15) is 0 Å². The van der Waals surface area contributed by atoms with Crippen molar-refractivity contribution in [2.45, 2.75) is 185 Å². The molecule has 0 aliphatic heterocycles. The Hall–Kier alpha value is -0.210. The van der Waals surface area contributed by atoms with Gasteiger partial charge in [0.1, 0.15) is 0 Å². The normalized spacial score (nSPS) is 11.4. The van der Waals surface area contributed by atoms with Gasteiger partial charge in [0.2, 0.25) is 0 Å². The predicted molar refractivity (Wildman–Crippen MR) is 223 cm³/mol. The fraction of sp³-hybridized carbons (Fsp3) is 1.00. The van der Waals surface area contributed by atoms with Gasteiger partial charge in [-0.15, -0.1) is 0 Å². The summed E-state index contributed by atoms with van der Waals surface area (Å²) in [5, 5.41) is 36.3. The first-order chi connectivity index (χ1) is 19.4. The number of hydrogen-bond donors (Lipinski definition) is 5. The molecule has 0 saturated heterocycles. The molecule has 0 radical (unpaired) electrons. The van der Waals surface area contributed by atoms with Crippen LogP contribution in [0.15, 0.2) is 0 Å². The maximum absolute atomic E-state index is 10.5. The Bertz CT molecular complexity index is 483. The van der Waals surface area contributed by atoms with E-state index in [1.54, 1.807) is 13.8 Å². The van der Waals surface area contributed by atoms with Crippen LogP contribution in [-0.4, -0.2) is 116 Å². The van der Waals surface area contributed by atoms with E-state index in [0.717, 1.165) is 26.1 Å². The predicted octanol–water partition coefficient (Wildman–Crippen LogP) is 9.81. The van der Waals surface area contributed by atoms with Crippen LogP contribution in [0.4, 0.5) is 0 Å². The average Bonchev–Trinajstić information content (AvgIpc) is 2.95. The minimum absolute atomic E-state index is 0. The zero-order chi connectivity index (χ0) is 32.4. The van der Waals surface area contributed by atoms with E-state index in [1.165, 1.54) is 0 Å². The minimum Gasteiger partial charge on any atom is -0.391 e. The van der Waals surface area contributed by atoms with Gasteiger partial charge < -0.3 is 44.3 Å². The van der Waals surface area contributed by atoms with Gasteiger partial charge in [-0.3, -0.25) is 9.05 Å². The van der Waals surface area contributed by atoms with E-state index in [2.05, 4.69) is 22.9 Å². The van der Waals surface area contributed by atoms with E-state index in [4.69, 9.17) is 44.3 Å². The molecule has 0 amide bonds. The Morgan fingerprint density at radius 3 is 0.860 bits per heavy atom. The monoisotopic (exact) mass is 769 g/mol. The Morgan fingerprint density at radius 2 is 0.660 bits per heavy atom. The molecule has 0 heterocycles. The van der Waals surface area contributed by atoms with Gasteiger partial charge in [-0.05, 0) is 52.4 Å². The lowest BCUT2D eigenvalue weighted by Gasteiger charge is -2.11. The molecule has 0 saturated carbocycles. The van der Waals surface area contributed by atoms with Gasteiger partial charge in [0.15, 0.2) is 0 Å². The molecule has 0 aromatic carbocycles. The van der Waals surface area contributed by atoms with Gasteiger partial charge in [0.05, 0.1) is 77.3 Å². The topological polar surface area (TPSA) is 174 Å². The summed E-state index contributed by atoms with van der Waals surface area (Å²) in [6, 6.07) is 0. The third-order valence-corrected chi connectivity index (χ3v) is 5.95. The number of phosphoric ester groups is 1. The second kappa shape index (κ2) is 70.4. The summed E-state index contributed by atoms with van der Waals surface area (Å²) >= 11 is 0. The molecule has 12 nitrogen and oxygen atoms in total. The first kappa shape index (κ1) is 87.6. The molecule has 0 spiro atoms. The number of aliphatic hydroxyl groups excluding tert-OH is 4. The van der Waals surface area contributed by atoms with Crippen LogP contribution in [0.1, 0.15) is 161 Å². The summed E-state index contributed by atoms with van der Waals surface area (Å²) in [4.78, 5) is 8.63. The van der Waals surface area contributed by atoms with Crippen molar-refractivity contribution in [3.05, 3.63) is 0 Å². The first-order valence-electron chi connectivity index (χ1n) is 15.1. The molecule has 0 aromatic rings. The van der Waals surface area contributed by atoms with Crippen molar-refractivity contribution in [2.24, 2.45) is 0 Å². The molecule has 0 aliphatic rings. The lowest BCUT2D eigenvalue weighted by molar-refractivity contribution is -0.0177. The molecule has 0 aromatic heterocycles. The highest BCUT2D eigenvalue weighted by molar-refractivity contribution is 7.47. The molecule has 13 heteroatoms. The molecule has 0 bridgehead atoms. The van der Waals surface area contributed by atoms with Crippen molar-refractivity contribution in [3.63, 3.8) is 0 Å². The van der Waals surface area contributed by atoms with E-state index in [1.807, 2.05) is 27.7 Å². The fourth-order valence-electron chi connectivity index (χ4n) is 2.12. The maximum atomic E-state index is 10.5. The Labute approximate surface area is 316 Å². The second-order valence-corrected chi connectivity index (χ2v) is 10.3. The number of ether oxygens (including phenoxy) is 4. The molecule has 0 rings (SSSR count). The van der Waals surface area contributed by atoms with Crippen LogP contribution in [-0.2, 0) is 32.6 Å². The fourth-order valence-corrected chi connectivity index (χ4v) is 2.85. The van der Waals surface area contributed by atoms with Crippen LogP contribution in [0.3, 0.4) is 0 Å². The van der Waals surface area contributed by atoms with Crippen molar-refractivity contribution < 1.29 is 57.9 Å². The lowest BCUT2D eigenvalue weighted by Crippen LogP contribution is -2.20. The number of phosphoric acid groups is 1. The molecule has 0 aliphatic carbocycles. The van der Waals surface area contributed by atoms with E-state index in [-0.39, 0.29) is 104 Å². The SMILES string of the molecule is C.C.C.C.C.C.C.C.C.CCC(O)COCC(O)CC.CCC(O)COCCOCC(O)CC.CCCOCCC.CCOP(=O)(O)OCC. The molecule has 4 unspecified atom stereocenters. The molecular weight excluding hydrogens is 667 g/mol. The largest absolute Gasteiger partial charge is 0.472 e. The molecular formula is C37H101O12P. The van der Waals surface area contributed by atoms with Crippen molar-refractivity contribution in [1.82, 2.24) is 0 Å².